The molecule has 0 aliphatic rings. The summed E-state index contributed by atoms with van der Waals surface area (Å²) in [5, 5.41) is 2.95. The third kappa shape index (κ3) is 6.93. The van der Waals surface area contributed by atoms with E-state index in [0.29, 0.717) is 12.3 Å². The molecular formula is C24H32N2O3. The van der Waals surface area contributed by atoms with E-state index in [2.05, 4.69) is 5.32 Å². The molecule has 0 aromatic heterocycles. The van der Waals surface area contributed by atoms with E-state index in [9.17, 15) is 9.59 Å². The Bertz CT molecular complexity index is 841. The lowest BCUT2D eigenvalue weighted by atomic mass is 10.1. The average molecular weight is 397 g/mol. The van der Waals surface area contributed by atoms with Crippen LogP contribution in [-0.2, 0) is 16.1 Å². The minimum atomic E-state index is -0.620. The van der Waals surface area contributed by atoms with Gasteiger partial charge in [0.25, 0.3) is 5.91 Å². The van der Waals surface area contributed by atoms with Gasteiger partial charge in [0.15, 0.2) is 6.61 Å². The van der Waals surface area contributed by atoms with Gasteiger partial charge in [-0.05, 0) is 70.4 Å². The van der Waals surface area contributed by atoms with Gasteiger partial charge in [-0.1, -0.05) is 36.4 Å². The Hall–Kier alpha value is -2.82. The Labute approximate surface area is 174 Å². The quantitative estimate of drug-likeness (QED) is 0.769. The number of amides is 2. The van der Waals surface area contributed by atoms with E-state index in [1.807, 2.05) is 83.1 Å². The number of carbonyl (C=O) groups excluding carboxylic acids is 2. The number of aryl methyl sites for hydroxylation is 2. The molecule has 1 N–H and O–H groups in total. The molecule has 0 saturated heterocycles. The lowest BCUT2D eigenvalue weighted by molar-refractivity contribution is -0.142. The Morgan fingerprint density at radius 1 is 1.03 bits per heavy atom. The largest absolute Gasteiger partial charge is 0.484 e. The molecule has 5 heteroatoms. The van der Waals surface area contributed by atoms with Crippen LogP contribution >= 0.6 is 0 Å². The van der Waals surface area contributed by atoms with Crippen molar-refractivity contribution in [1.29, 1.82) is 0 Å². The standard InChI is InChI=1S/C24H32N2O3/c1-17-12-13-21(14-18(17)2)29-16-22(27)26(15-20-10-8-7-9-11-20)19(3)23(28)25-24(4,5)6/h7-14,19H,15-16H2,1-6H3,(H,25,28)/t19-/m0/s1. The van der Waals surface area contributed by atoms with Gasteiger partial charge in [0, 0.05) is 12.1 Å². The molecular weight excluding hydrogens is 364 g/mol. The summed E-state index contributed by atoms with van der Waals surface area (Å²) in [6.45, 7) is 11.8. The molecule has 5 nitrogen and oxygen atoms in total. The first-order valence-corrected chi connectivity index (χ1v) is 9.92. The average Bonchev–Trinajstić information content (AvgIpc) is 2.65. The SMILES string of the molecule is Cc1ccc(OCC(=O)N(Cc2ccccc2)[C@@H](C)C(=O)NC(C)(C)C)cc1C. The lowest BCUT2D eigenvalue weighted by Gasteiger charge is -2.31. The lowest BCUT2D eigenvalue weighted by Crippen LogP contribution is -2.53. The third-order valence-corrected chi connectivity index (χ3v) is 4.70. The second kappa shape index (κ2) is 9.59. The van der Waals surface area contributed by atoms with Crippen LogP contribution < -0.4 is 10.1 Å². The highest BCUT2D eigenvalue weighted by Gasteiger charge is 2.28. The van der Waals surface area contributed by atoms with Crippen LogP contribution in [0, 0.1) is 13.8 Å². The molecule has 0 aliphatic carbocycles. The van der Waals surface area contributed by atoms with Crippen LogP contribution in [0.2, 0.25) is 0 Å². The van der Waals surface area contributed by atoms with Gasteiger partial charge in [-0.3, -0.25) is 9.59 Å². The van der Waals surface area contributed by atoms with Crippen LogP contribution in [0.3, 0.4) is 0 Å². The van der Waals surface area contributed by atoms with Gasteiger partial charge in [0.1, 0.15) is 11.8 Å². The molecule has 1 atom stereocenters. The smallest absolute Gasteiger partial charge is 0.261 e. The number of ether oxygens (including phenoxy) is 1. The molecule has 156 valence electrons. The van der Waals surface area contributed by atoms with Gasteiger partial charge < -0.3 is 15.0 Å². The van der Waals surface area contributed by atoms with Gasteiger partial charge in [-0.2, -0.15) is 0 Å². The number of hydrogen-bond donors (Lipinski definition) is 1. The van der Waals surface area contributed by atoms with Crippen LogP contribution in [0.4, 0.5) is 0 Å². The second-order valence-corrected chi connectivity index (χ2v) is 8.46. The van der Waals surface area contributed by atoms with Gasteiger partial charge in [-0.15, -0.1) is 0 Å². The van der Waals surface area contributed by atoms with Crippen LogP contribution in [0.25, 0.3) is 0 Å². The highest BCUT2D eigenvalue weighted by molar-refractivity contribution is 5.88. The fraction of sp³-hybridized carbons (Fsp3) is 0.417. The minimum Gasteiger partial charge on any atom is -0.484 e. The van der Waals surface area contributed by atoms with E-state index in [0.717, 1.165) is 11.1 Å². The highest BCUT2D eigenvalue weighted by atomic mass is 16.5. The normalized spacial score (nSPS) is 12.2. The zero-order chi connectivity index (χ0) is 21.6. The van der Waals surface area contributed by atoms with Gasteiger partial charge >= 0.3 is 0 Å². The summed E-state index contributed by atoms with van der Waals surface area (Å²) in [5.41, 5.74) is 2.86. The van der Waals surface area contributed by atoms with Crippen LogP contribution in [0.1, 0.15) is 44.4 Å². The Kier molecular flexibility index (Phi) is 7.43. The summed E-state index contributed by atoms with van der Waals surface area (Å²) in [5.74, 6) is 0.226. The van der Waals surface area contributed by atoms with Crippen LogP contribution in [-0.4, -0.2) is 34.9 Å². The molecule has 0 spiro atoms. The van der Waals surface area contributed by atoms with Crippen molar-refractivity contribution in [2.75, 3.05) is 6.61 Å². The summed E-state index contributed by atoms with van der Waals surface area (Å²) in [4.78, 5) is 27.3. The molecule has 0 saturated carbocycles. The number of rotatable bonds is 7. The van der Waals surface area contributed by atoms with Crippen molar-refractivity contribution in [2.45, 2.75) is 59.7 Å². The summed E-state index contributed by atoms with van der Waals surface area (Å²) < 4.78 is 5.73. The fourth-order valence-corrected chi connectivity index (χ4v) is 2.87. The zero-order valence-electron chi connectivity index (χ0n) is 18.3. The number of benzene rings is 2. The predicted octanol–water partition coefficient (Wildman–Crippen LogP) is 4.01. The zero-order valence-corrected chi connectivity index (χ0v) is 18.3. The van der Waals surface area contributed by atoms with E-state index < -0.39 is 6.04 Å². The van der Waals surface area contributed by atoms with E-state index in [1.165, 1.54) is 5.56 Å². The summed E-state index contributed by atoms with van der Waals surface area (Å²) in [7, 11) is 0. The molecule has 2 aromatic rings. The molecule has 2 amide bonds. The van der Waals surface area contributed by atoms with Crippen molar-refractivity contribution in [3.8, 4) is 5.75 Å². The number of nitrogens with zero attached hydrogens (tertiary/aromatic N) is 1. The van der Waals surface area contributed by atoms with Crippen LogP contribution in [0.15, 0.2) is 48.5 Å². The summed E-state index contributed by atoms with van der Waals surface area (Å²) >= 11 is 0. The Balaban J connectivity index is 2.15. The highest BCUT2D eigenvalue weighted by Crippen LogP contribution is 2.17. The van der Waals surface area contributed by atoms with Crippen molar-refractivity contribution in [2.24, 2.45) is 0 Å². The first-order valence-electron chi connectivity index (χ1n) is 9.92. The maximum absolute atomic E-state index is 13.0. The van der Waals surface area contributed by atoms with Crippen molar-refractivity contribution in [1.82, 2.24) is 10.2 Å². The van der Waals surface area contributed by atoms with Crippen molar-refractivity contribution in [3.05, 3.63) is 65.2 Å². The van der Waals surface area contributed by atoms with Crippen molar-refractivity contribution >= 4 is 11.8 Å². The first-order chi connectivity index (χ1) is 13.6. The van der Waals surface area contributed by atoms with Crippen molar-refractivity contribution < 1.29 is 14.3 Å². The third-order valence-electron chi connectivity index (χ3n) is 4.70. The molecule has 0 bridgehead atoms. The molecule has 29 heavy (non-hydrogen) atoms. The van der Waals surface area contributed by atoms with E-state index in [-0.39, 0.29) is 24.0 Å². The summed E-state index contributed by atoms with van der Waals surface area (Å²) in [6.07, 6.45) is 0. The second-order valence-electron chi connectivity index (χ2n) is 8.46. The first kappa shape index (κ1) is 22.5. The topological polar surface area (TPSA) is 58.6 Å². The number of carbonyl (C=O) groups is 2. The molecule has 2 rings (SSSR count). The Morgan fingerprint density at radius 2 is 1.69 bits per heavy atom. The van der Waals surface area contributed by atoms with E-state index >= 15 is 0 Å². The maximum Gasteiger partial charge on any atom is 0.261 e. The van der Waals surface area contributed by atoms with Gasteiger partial charge in [0.2, 0.25) is 5.91 Å². The molecule has 0 heterocycles. The maximum atomic E-state index is 13.0. The van der Waals surface area contributed by atoms with Crippen molar-refractivity contribution in [3.63, 3.8) is 0 Å². The van der Waals surface area contributed by atoms with Crippen LogP contribution in [0.5, 0.6) is 5.75 Å². The molecule has 0 radical (unpaired) electrons. The fourth-order valence-electron chi connectivity index (χ4n) is 2.87. The number of nitrogens with one attached hydrogen (secondary N) is 1. The van der Waals surface area contributed by atoms with E-state index in [1.54, 1.807) is 11.8 Å². The number of hydrogen-bond acceptors (Lipinski definition) is 3. The molecule has 0 aliphatic heterocycles. The predicted molar refractivity (Wildman–Crippen MR) is 116 cm³/mol. The summed E-state index contributed by atoms with van der Waals surface area (Å²) in [6, 6.07) is 14.8. The Morgan fingerprint density at radius 3 is 2.28 bits per heavy atom. The van der Waals surface area contributed by atoms with E-state index in [4.69, 9.17) is 4.74 Å². The molecule has 0 fully saturated rings. The van der Waals surface area contributed by atoms with Gasteiger partial charge in [0.05, 0.1) is 0 Å². The minimum absolute atomic E-state index is 0.123. The monoisotopic (exact) mass is 396 g/mol. The van der Waals surface area contributed by atoms with Gasteiger partial charge in [-0.25, -0.2) is 0 Å². The molecule has 0 unspecified atom stereocenters. The molecule has 2 aromatic carbocycles.